The van der Waals surface area contributed by atoms with E-state index in [0.29, 0.717) is 11.3 Å². The number of amides is 1. The van der Waals surface area contributed by atoms with E-state index < -0.39 is 17.5 Å². The Bertz CT molecular complexity index is 846. The minimum absolute atomic E-state index is 0.0906. The van der Waals surface area contributed by atoms with Crippen LogP contribution in [-0.2, 0) is 6.54 Å². The highest BCUT2D eigenvalue weighted by Crippen LogP contribution is 2.23. The molecule has 1 aromatic heterocycles. The zero-order valence-corrected chi connectivity index (χ0v) is 11.9. The summed E-state index contributed by atoms with van der Waals surface area (Å²) in [7, 11) is 0. The number of benzene rings is 2. The number of carbonyl (C=O) groups is 1. The highest BCUT2D eigenvalue weighted by molar-refractivity contribution is 5.94. The molecule has 0 aliphatic carbocycles. The molecule has 6 heteroatoms. The first-order valence-corrected chi connectivity index (χ1v) is 6.88. The van der Waals surface area contributed by atoms with Gasteiger partial charge in [-0.1, -0.05) is 23.4 Å². The lowest BCUT2D eigenvalue weighted by Gasteiger charge is -2.02. The second-order valence-electron chi connectivity index (χ2n) is 4.86. The average molecular weight is 314 g/mol. The number of rotatable bonds is 4. The van der Waals surface area contributed by atoms with Crippen LogP contribution in [0.2, 0.25) is 0 Å². The molecule has 0 fully saturated rings. The number of aromatic nitrogens is 1. The van der Waals surface area contributed by atoms with Crippen LogP contribution in [0.1, 0.15) is 16.1 Å². The van der Waals surface area contributed by atoms with Crippen molar-refractivity contribution in [2.75, 3.05) is 0 Å². The van der Waals surface area contributed by atoms with Gasteiger partial charge in [-0.15, -0.1) is 0 Å². The first-order chi connectivity index (χ1) is 11.1. The summed E-state index contributed by atoms with van der Waals surface area (Å²) >= 11 is 0. The number of hydrogen-bond acceptors (Lipinski definition) is 3. The number of hydrogen-bond donors (Lipinski definition) is 1. The van der Waals surface area contributed by atoms with Gasteiger partial charge in [-0.3, -0.25) is 4.79 Å². The van der Waals surface area contributed by atoms with E-state index in [1.54, 1.807) is 24.3 Å². The summed E-state index contributed by atoms with van der Waals surface area (Å²) in [5.41, 5.74) is 0.943. The molecule has 0 aliphatic heterocycles. The highest BCUT2D eigenvalue weighted by Gasteiger charge is 2.12. The molecule has 0 bridgehead atoms. The molecular weight excluding hydrogens is 302 g/mol. The van der Waals surface area contributed by atoms with Gasteiger partial charge in [0, 0.05) is 11.6 Å². The van der Waals surface area contributed by atoms with Crippen molar-refractivity contribution in [3.63, 3.8) is 0 Å². The predicted molar refractivity (Wildman–Crippen MR) is 79.5 cm³/mol. The van der Waals surface area contributed by atoms with Gasteiger partial charge in [0.15, 0.2) is 5.76 Å². The summed E-state index contributed by atoms with van der Waals surface area (Å²) in [6.07, 6.45) is 0. The van der Waals surface area contributed by atoms with Gasteiger partial charge in [-0.05, 0) is 30.3 Å². The Balaban J connectivity index is 1.68. The predicted octanol–water partition coefficient (Wildman–Crippen LogP) is 3.55. The molecule has 1 heterocycles. The van der Waals surface area contributed by atoms with Crippen molar-refractivity contribution in [3.8, 4) is 11.3 Å². The summed E-state index contributed by atoms with van der Waals surface area (Å²) in [6, 6.07) is 13.1. The van der Waals surface area contributed by atoms with Crippen molar-refractivity contribution in [3.05, 3.63) is 77.5 Å². The van der Waals surface area contributed by atoms with Crippen LogP contribution in [0.15, 0.2) is 59.1 Å². The molecule has 0 atom stereocenters. The Labute approximate surface area is 130 Å². The summed E-state index contributed by atoms with van der Waals surface area (Å²) in [6.45, 7) is 0.0906. The van der Waals surface area contributed by atoms with Gasteiger partial charge in [0.2, 0.25) is 0 Å². The zero-order chi connectivity index (χ0) is 16.2. The third-order valence-electron chi connectivity index (χ3n) is 3.22. The molecule has 0 spiro atoms. The minimum Gasteiger partial charge on any atom is -0.356 e. The van der Waals surface area contributed by atoms with Gasteiger partial charge >= 0.3 is 0 Å². The van der Waals surface area contributed by atoms with E-state index in [4.69, 9.17) is 4.52 Å². The van der Waals surface area contributed by atoms with E-state index in [1.807, 2.05) is 0 Å². The van der Waals surface area contributed by atoms with Crippen molar-refractivity contribution in [1.82, 2.24) is 10.5 Å². The summed E-state index contributed by atoms with van der Waals surface area (Å²) in [4.78, 5) is 11.9. The lowest BCUT2D eigenvalue weighted by atomic mass is 10.1. The van der Waals surface area contributed by atoms with E-state index in [1.165, 1.54) is 24.3 Å². The Morgan fingerprint density at radius 2 is 1.91 bits per heavy atom. The third-order valence-corrected chi connectivity index (χ3v) is 3.22. The summed E-state index contributed by atoms with van der Waals surface area (Å²) < 4.78 is 31.8. The van der Waals surface area contributed by atoms with E-state index in [2.05, 4.69) is 10.5 Å². The first kappa shape index (κ1) is 14.9. The fraction of sp³-hybridized carbons (Fsp3) is 0.0588. The molecule has 1 amide bonds. The largest absolute Gasteiger partial charge is 0.356 e. The lowest BCUT2D eigenvalue weighted by molar-refractivity contribution is 0.0949. The van der Waals surface area contributed by atoms with Crippen LogP contribution in [0.5, 0.6) is 0 Å². The third kappa shape index (κ3) is 3.42. The van der Waals surface area contributed by atoms with Gasteiger partial charge in [-0.25, -0.2) is 8.78 Å². The molecule has 3 aromatic rings. The smallest absolute Gasteiger partial charge is 0.251 e. The van der Waals surface area contributed by atoms with Crippen LogP contribution in [0.4, 0.5) is 8.78 Å². The van der Waals surface area contributed by atoms with Crippen LogP contribution in [0.3, 0.4) is 0 Å². The van der Waals surface area contributed by atoms with Gasteiger partial charge in [0.25, 0.3) is 5.91 Å². The van der Waals surface area contributed by atoms with E-state index in [9.17, 15) is 13.6 Å². The summed E-state index contributed by atoms with van der Waals surface area (Å²) in [5.74, 6) is -1.06. The maximum Gasteiger partial charge on any atom is 0.251 e. The van der Waals surface area contributed by atoms with Crippen molar-refractivity contribution in [2.45, 2.75) is 6.54 Å². The normalized spacial score (nSPS) is 10.5. The number of nitrogens with one attached hydrogen (secondary N) is 1. The molecule has 0 saturated heterocycles. The molecule has 2 aromatic carbocycles. The molecule has 23 heavy (non-hydrogen) atoms. The fourth-order valence-corrected chi connectivity index (χ4v) is 2.09. The molecular formula is C17H12F2N2O2. The van der Waals surface area contributed by atoms with E-state index >= 15 is 0 Å². The molecule has 116 valence electrons. The Morgan fingerprint density at radius 1 is 1.09 bits per heavy atom. The topological polar surface area (TPSA) is 55.1 Å². The highest BCUT2D eigenvalue weighted by atomic mass is 19.1. The quantitative estimate of drug-likeness (QED) is 0.801. The molecule has 4 nitrogen and oxygen atoms in total. The van der Waals surface area contributed by atoms with Gasteiger partial charge in [0.1, 0.15) is 17.3 Å². The standard InChI is InChI=1S/C17H12F2N2O2/c18-12-5-3-4-11(8-12)17(22)20-10-13-9-16(23-21-13)14-6-1-2-7-15(14)19/h1-9H,10H2,(H,20,22). The van der Waals surface area contributed by atoms with Gasteiger partial charge in [-0.2, -0.15) is 0 Å². The Morgan fingerprint density at radius 3 is 2.70 bits per heavy atom. The van der Waals surface area contributed by atoms with Crippen LogP contribution in [0.25, 0.3) is 11.3 Å². The SMILES string of the molecule is O=C(NCc1cc(-c2ccccc2F)on1)c1cccc(F)c1. The fourth-order valence-electron chi connectivity index (χ4n) is 2.09. The van der Waals surface area contributed by atoms with Crippen LogP contribution in [0, 0.1) is 11.6 Å². The van der Waals surface area contributed by atoms with E-state index in [-0.39, 0.29) is 17.9 Å². The van der Waals surface area contributed by atoms with Crippen LogP contribution < -0.4 is 5.32 Å². The minimum atomic E-state index is -0.485. The lowest BCUT2D eigenvalue weighted by Crippen LogP contribution is -2.22. The Kier molecular flexibility index (Phi) is 4.14. The molecule has 0 radical (unpaired) electrons. The first-order valence-electron chi connectivity index (χ1n) is 6.88. The van der Waals surface area contributed by atoms with Gasteiger partial charge < -0.3 is 9.84 Å². The van der Waals surface area contributed by atoms with Crippen molar-refractivity contribution >= 4 is 5.91 Å². The Hall–Kier alpha value is -3.02. The maximum absolute atomic E-state index is 13.7. The molecule has 3 rings (SSSR count). The van der Waals surface area contributed by atoms with Gasteiger partial charge in [0.05, 0.1) is 12.1 Å². The molecule has 0 saturated carbocycles. The van der Waals surface area contributed by atoms with Crippen LogP contribution >= 0.6 is 0 Å². The van der Waals surface area contributed by atoms with Crippen LogP contribution in [-0.4, -0.2) is 11.1 Å². The molecule has 0 aliphatic rings. The number of carbonyl (C=O) groups excluding carboxylic acids is 1. The second kappa shape index (κ2) is 6.39. The maximum atomic E-state index is 13.7. The average Bonchev–Trinajstić information content (AvgIpc) is 3.02. The number of halogens is 2. The monoisotopic (exact) mass is 314 g/mol. The molecule has 1 N–H and O–H groups in total. The second-order valence-corrected chi connectivity index (χ2v) is 4.86. The van der Waals surface area contributed by atoms with Crippen molar-refractivity contribution in [1.29, 1.82) is 0 Å². The molecule has 0 unspecified atom stereocenters. The summed E-state index contributed by atoms with van der Waals surface area (Å²) in [5, 5.41) is 6.39. The van der Waals surface area contributed by atoms with E-state index in [0.717, 1.165) is 6.07 Å². The van der Waals surface area contributed by atoms with Crippen molar-refractivity contribution in [2.24, 2.45) is 0 Å². The van der Waals surface area contributed by atoms with Crippen molar-refractivity contribution < 1.29 is 18.1 Å². The number of nitrogens with zero attached hydrogens (tertiary/aromatic N) is 1. The zero-order valence-electron chi connectivity index (χ0n) is 11.9.